The van der Waals surface area contributed by atoms with E-state index in [0.29, 0.717) is 34.7 Å². The van der Waals surface area contributed by atoms with Gasteiger partial charge in [-0.2, -0.15) is 5.01 Å². The summed E-state index contributed by atoms with van der Waals surface area (Å²) in [6.07, 6.45) is 3.73. The molecule has 6 unspecified atom stereocenters. The number of nitrogens with zero attached hydrogens (tertiary/aromatic N) is 3. The zero-order chi connectivity index (χ0) is 38.9. The fraction of sp³-hybridized carbons (Fsp3) is 0.318. The Morgan fingerprint density at radius 2 is 1.54 bits per heavy atom. The zero-order valence-electron chi connectivity index (χ0n) is 30.3. The highest BCUT2D eigenvalue weighted by molar-refractivity contribution is 6.32. The average molecular weight is 794 g/mol. The van der Waals surface area contributed by atoms with Crippen LogP contribution in [0.25, 0.3) is 0 Å². The lowest BCUT2D eigenvalue weighted by atomic mass is 9.49. The number of amides is 4. The van der Waals surface area contributed by atoms with Gasteiger partial charge in [-0.15, -0.1) is 0 Å². The summed E-state index contributed by atoms with van der Waals surface area (Å²) in [7, 11) is 0. The van der Waals surface area contributed by atoms with Crippen LogP contribution in [0, 0.1) is 29.5 Å². The molecule has 4 aromatic carbocycles. The van der Waals surface area contributed by atoms with E-state index in [4.69, 9.17) is 23.2 Å². The first-order chi connectivity index (χ1) is 27.1. The molecule has 2 aliphatic carbocycles. The van der Waals surface area contributed by atoms with Crippen LogP contribution >= 0.6 is 23.2 Å². The Labute approximate surface area is 333 Å². The lowest BCUT2D eigenvalue weighted by Crippen LogP contribution is -2.53. The van der Waals surface area contributed by atoms with Crippen molar-refractivity contribution in [3.63, 3.8) is 0 Å². The summed E-state index contributed by atoms with van der Waals surface area (Å²) < 4.78 is 13.9. The van der Waals surface area contributed by atoms with Crippen LogP contribution in [-0.2, 0) is 31.1 Å². The Balaban J connectivity index is 1.11. The standard InChI is InChI=1S/C44H39Cl2FN4O5/c45-27-8-6-26(7-9-27)44-36(41(54)51(43(44)56)48-29-12-10-28(47)11-13-29)23-35-32(39(44)33-15-14-31(52)22-37(33)46)16-17-34-38(35)42(55)50(40(34)53)30-18-20-49(21-19-30)24-25-4-2-1-3-5-25/h1-16,22,30,34-36,38-39,48,52H,17-21,23-24H2. The summed E-state index contributed by atoms with van der Waals surface area (Å²) in [6, 6.07) is 26.7. The van der Waals surface area contributed by atoms with Crippen molar-refractivity contribution in [3.8, 4) is 5.75 Å². The molecule has 4 aromatic rings. The lowest BCUT2D eigenvalue weighted by molar-refractivity contribution is -0.144. The number of rotatable bonds is 7. The number of imide groups is 2. The molecule has 0 aromatic heterocycles. The smallest absolute Gasteiger partial charge is 0.260 e. The van der Waals surface area contributed by atoms with Crippen LogP contribution in [0.3, 0.4) is 0 Å². The second-order valence-electron chi connectivity index (χ2n) is 15.6. The van der Waals surface area contributed by atoms with Gasteiger partial charge in [-0.3, -0.25) is 34.4 Å². The number of halogens is 3. The maximum atomic E-state index is 15.3. The van der Waals surface area contributed by atoms with E-state index >= 15 is 4.79 Å². The number of phenolic OH excluding ortho intramolecular Hbond substituents is 1. The number of carbonyl (C=O) groups is 4. The number of fused-ring (bicyclic) bond motifs is 4. The Hall–Kier alpha value is -5.03. The molecular weight excluding hydrogens is 754 g/mol. The van der Waals surface area contributed by atoms with E-state index in [0.717, 1.165) is 30.2 Å². The summed E-state index contributed by atoms with van der Waals surface area (Å²) in [5.41, 5.74) is 4.72. The minimum absolute atomic E-state index is 0.0728. The molecular formula is C44H39Cl2FN4O5. The van der Waals surface area contributed by atoms with Gasteiger partial charge in [-0.1, -0.05) is 83.4 Å². The van der Waals surface area contributed by atoms with Gasteiger partial charge in [0, 0.05) is 41.6 Å². The van der Waals surface area contributed by atoms with Gasteiger partial charge in [-0.25, -0.2) is 4.39 Å². The largest absolute Gasteiger partial charge is 0.508 e. The van der Waals surface area contributed by atoms with Crippen molar-refractivity contribution < 1.29 is 28.7 Å². The molecule has 0 spiro atoms. The Morgan fingerprint density at radius 1 is 0.821 bits per heavy atom. The molecule has 2 N–H and O–H groups in total. The molecule has 9 rings (SSSR count). The van der Waals surface area contributed by atoms with E-state index in [1.807, 2.05) is 24.3 Å². The molecule has 4 amide bonds. The molecule has 9 nitrogen and oxygen atoms in total. The van der Waals surface area contributed by atoms with Gasteiger partial charge in [0.15, 0.2) is 0 Å². The first-order valence-corrected chi connectivity index (χ1v) is 19.8. The van der Waals surface area contributed by atoms with Gasteiger partial charge in [0.05, 0.1) is 28.9 Å². The molecule has 5 aliphatic rings. The van der Waals surface area contributed by atoms with Crippen LogP contribution < -0.4 is 5.43 Å². The molecule has 3 saturated heterocycles. The molecule has 0 radical (unpaired) electrons. The van der Waals surface area contributed by atoms with Crippen molar-refractivity contribution in [1.29, 1.82) is 0 Å². The van der Waals surface area contributed by atoms with Gasteiger partial charge in [-0.05, 0) is 96.8 Å². The number of phenols is 1. The number of allylic oxidation sites excluding steroid dienone is 2. The third-order valence-electron chi connectivity index (χ3n) is 12.8. The predicted molar refractivity (Wildman–Crippen MR) is 209 cm³/mol. The molecule has 4 fully saturated rings. The zero-order valence-corrected chi connectivity index (χ0v) is 31.8. The minimum atomic E-state index is -1.57. The molecule has 1 saturated carbocycles. The summed E-state index contributed by atoms with van der Waals surface area (Å²) in [5, 5.41) is 12.1. The van der Waals surface area contributed by atoms with Crippen molar-refractivity contribution in [1.82, 2.24) is 14.8 Å². The number of benzene rings is 4. The second-order valence-corrected chi connectivity index (χ2v) is 16.5. The van der Waals surface area contributed by atoms with Crippen LogP contribution in [0.2, 0.25) is 10.0 Å². The number of hydrogen-bond acceptors (Lipinski definition) is 7. The number of aromatic hydroxyl groups is 1. The normalized spacial score (nSPS) is 27.9. The fourth-order valence-corrected chi connectivity index (χ4v) is 10.7. The third-order valence-corrected chi connectivity index (χ3v) is 13.3. The van der Waals surface area contributed by atoms with Gasteiger partial charge in [0.2, 0.25) is 11.8 Å². The average Bonchev–Trinajstić information content (AvgIpc) is 3.57. The summed E-state index contributed by atoms with van der Waals surface area (Å²) >= 11 is 13.4. The van der Waals surface area contributed by atoms with E-state index < -0.39 is 52.6 Å². The highest BCUT2D eigenvalue weighted by Gasteiger charge is 2.70. The second kappa shape index (κ2) is 14.2. The maximum Gasteiger partial charge on any atom is 0.260 e. The number of hydrogen-bond donors (Lipinski definition) is 2. The number of piperidine rings is 1. The van der Waals surface area contributed by atoms with Crippen molar-refractivity contribution >= 4 is 52.5 Å². The van der Waals surface area contributed by atoms with Crippen molar-refractivity contribution in [3.05, 3.63) is 141 Å². The molecule has 6 atom stereocenters. The first-order valence-electron chi connectivity index (χ1n) is 19.0. The molecule has 12 heteroatoms. The van der Waals surface area contributed by atoms with Gasteiger partial charge < -0.3 is 5.11 Å². The fourth-order valence-electron chi connectivity index (χ4n) is 10.3. The Kier molecular flexibility index (Phi) is 9.26. The van der Waals surface area contributed by atoms with E-state index in [2.05, 4.69) is 22.5 Å². The molecule has 0 bridgehead atoms. The highest BCUT2D eigenvalue weighted by Crippen LogP contribution is 2.65. The van der Waals surface area contributed by atoms with Gasteiger partial charge in [0.25, 0.3) is 11.8 Å². The van der Waals surface area contributed by atoms with Crippen LogP contribution in [0.5, 0.6) is 5.75 Å². The summed E-state index contributed by atoms with van der Waals surface area (Å²) in [4.78, 5) is 63.1. The Morgan fingerprint density at radius 3 is 2.23 bits per heavy atom. The molecule has 3 heterocycles. The lowest BCUT2D eigenvalue weighted by Gasteiger charge is -2.50. The number of nitrogens with one attached hydrogen (secondary N) is 1. The van der Waals surface area contributed by atoms with E-state index in [1.54, 1.807) is 30.3 Å². The van der Waals surface area contributed by atoms with Gasteiger partial charge in [0.1, 0.15) is 11.6 Å². The van der Waals surface area contributed by atoms with Crippen LogP contribution in [0.4, 0.5) is 10.1 Å². The van der Waals surface area contributed by atoms with Gasteiger partial charge >= 0.3 is 0 Å². The van der Waals surface area contributed by atoms with Crippen LogP contribution in [-0.4, -0.2) is 62.7 Å². The van der Waals surface area contributed by atoms with Crippen molar-refractivity contribution in [2.45, 2.75) is 49.6 Å². The predicted octanol–water partition coefficient (Wildman–Crippen LogP) is 7.49. The number of anilines is 1. The molecule has 56 heavy (non-hydrogen) atoms. The molecule has 3 aliphatic heterocycles. The van der Waals surface area contributed by atoms with Crippen molar-refractivity contribution in [2.75, 3.05) is 18.5 Å². The monoisotopic (exact) mass is 792 g/mol. The number of carbonyl (C=O) groups excluding carboxylic acids is 4. The Bertz CT molecular complexity index is 2260. The van der Waals surface area contributed by atoms with Crippen LogP contribution in [0.15, 0.2) is 109 Å². The quantitative estimate of drug-likeness (QED) is 0.148. The summed E-state index contributed by atoms with van der Waals surface area (Å²) in [5.74, 6) is -5.78. The van der Waals surface area contributed by atoms with E-state index in [-0.39, 0.29) is 41.5 Å². The SMILES string of the molecule is O=C1C2CC3C(=CCC4C(=O)N(C5CCN(Cc6ccccc6)CC5)C(=O)C43)C(c3ccc(O)cc3Cl)C2(c2ccc(Cl)cc2)C(=O)N1Nc1ccc(F)cc1. The summed E-state index contributed by atoms with van der Waals surface area (Å²) in [6.45, 7) is 2.30. The maximum absolute atomic E-state index is 15.3. The van der Waals surface area contributed by atoms with E-state index in [1.165, 1.54) is 46.9 Å². The topological polar surface area (TPSA) is 110 Å². The van der Waals surface area contributed by atoms with Crippen molar-refractivity contribution in [2.24, 2.45) is 23.7 Å². The highest BCUT2D eigenvalue weighted by atomic mass is 35.5. The number of likely N-dealkylation sites (tertiary alicyclic amines) is 2. The van der Waals surface area contributed by atoms with Crippen LogP contribution in [0.1, 0.15) is 48.3 Å². The minimum Gasteiger partial charge on any atom is -0.508 e. The van der Waals surface area contributed by atoms with E-state index in [9.17, 15) is 23.9 Å². The number of hydrazine groups is 1. The first kappa shape index (κ1) is 36.6. The third kappa shape index (κ3) is 5.83. The molecule has 286 valence electrons.